The Bertz CT molecular complexity index is 677. The summed E-state index contributed by atoms with van der Waals surface area (Å²) in [6.45, 7) is 0. The van der Waals surface area contributed by atoms with Crippen molar-refractivity contribution in [1.29, 1.82) is 0 Å². The lowest BCUT2D eigenvalue weighted by Crippen LogP contribution is -1.96. The highest BCUT2D eigenvalue weighted by Crippen LogP contribution is 2.28. The summed E-state index contributed by atoms with van der Waals surface area (Å²) in [6.07, 6.45) is 3.41. The molecule has 0 aliphatic heterocycles. The van der Waals surface area contributed by atoms with Crippen LogP contribution in [0.25, 0.3) is 11.3 Å². The number of hydrogen-bond donors (Lipinski definition) is 1. The maximum Gasteiger partial charge on any atom is 0.231 e. The number of anilines is 1. The third kappa shape index (κ3) is 2.54. The summed E-state index contributed by atoms with van der Waals surface area (Å²) in [5, 5.41) is 4.07. The number of nitrogens with zero attached hydrogens (tertiary/aromatic N) is 2. The van der Waals surface area contributed by atoms with Crippen LogP contribution >= 0.6 is 0 Å². The normalized spacial score (nSPS) is 10.6. The molecule has 0 amide bonds. The van der Waals surface area contributed by atoms with Crippen molar-refractivity contribution in [2.24, 2.45) is 0 Å². The Hall–Kier alpha value is -2.62. The fourth-order valence-corrected chi connectivity index (χ4v) is 2.20. The Morgan fingerprint density at radius 1 is 0.950 bits per heavy atom. The van der Waals surface area contributed by atoms with E-state index in [4.69, 9.17) is 10.3 Å². The molecule has 2 N–H and O–H groups in total. The van der Waals surface area contributed by atoms with E-state index in [2.05, 4.69) is 22.3 Å². The standard InChI is InChI=1S/C16H15N3O/c17-16-15(13-8-4-5-11-18-13)14(19-20-16)10-9-12-6-2-1-3-7-12/h1-8,11H,9-10,17H2. The first-order chi connectivity index (χ1) is 9.84. The van der Waals surface area contributed by atoms with Gasteiger partial charge in [-0.3, -0.25) is 4.98 Å². The van der Waals surface area contributed by atoms with Gasteiger partial charge in [0.1, 0.15) is 0 Å². The second kappa shape index (κ2) is 5.57. The number of nitrogen functional groups attached to an aromatic ring is 1. The molecule has 0 saturated heterocycles. The summed E-state index contributed by atoms with van der Waals surface area (Å²) in [4.78, 5) is 4.32. The molecule has 1 aromatic carbocycles. The number of nitrogens with two attached hydrogens (primary N) is 1. The van der Waals surface area contributed by atoms with Crippen molar-refractivity contribution >= 4 is 5.88 Å². The lowest BCUT2D eigenvalue weighted by atomic mass is 10.0. The van der Waals surface area contributed by atoms with Gasteiger partial charge in [0.25, 0.3) is 0 Å². The third-order valence-electron chi connectivity index (χ3n) is 3.20. The van der Waals surface area contributed by atoms with Crippen molar-refractivity contribution < 1.29 is 4.52 Å². The predicted molar refractivity (Wildman–Crippen MR) is 78.0 cm³/mol. The number of benzene rings is 1. The summed E-state index contributed by atoms with van der Waals surface area (Å²) in [6, 6.07) is 16.0. The van der Waals surface area contributed by atoms with Gasteiger partial charge in [-0.2, -0.15) is 0 Å². The molecule has 0 fully saturated rings. The zero-order chi connectivity index (χ0) is 13.8. The van der Waals surface area contributed by atoms with Crippen molar-refractivity contribution in [3.8, 4) is 11.3 Å². The predicted octanol–water partition coefficient (Wildman–Crippen LogP) is 3.10. The summed E-state index contributed by atoms with van der Waals surface area (Å²) < 4.78 is 5.13. The molecule has 0 atom stereocenters. The fraction of sp³-hybridized carbons (Fsp3) is 0.125. The van der Waals surface area contributed by atoms with Crippen LogP contribution in [0.1, 0.15) is 11.3 Å². The van der Waals surface area contributed by atoms with Crippen LogP contribution in [-0.2, 0) is 12.8 Å². The summed E-state index contributed by atoms with van der Waals surface area (Å²) >= 11 is 0. The number of pyridine rings is 1. The molecular weight excluding hydrogens is 250 g/mol. The minimum Gasteiger partial charge on any atom is -0.367 e. The molecule has 2 aromatic heterocycles. The lowest BCUT2D eigenvalue weighted by Gasteiger charge is -2.02. The Kier molecular flexibility index (Phi) is 3.46. The van der Waals surface area contributed by atoms with Crippen molar-refractivity contribution in [3.05, 3.63) is 66.0 Å². The van der Waals surface area contributed by atoms with Crippen LogP contribution in [0.5, 0.6) is 0 Å². The van der Waals surface area contributed by atoms with Crippen LogP contribution in [-0.4, -0.2) is 10.1 Å². The summed E-state index contributed by atoms with van der Waals surface area (Å²) in [7, 11) is 0. The van der Waals surface area contributed by atoms with Crippen molar-refractivity contribution in [2.75, 3.05) is 5.73 Å². The van der Waals surface area contributed by atoms with E-state index in [1.165, 1.54) is 5.56 Å². The highest BCUT2D eigenvalue weighted by molar-refractivity contribution is 5.72. The monoisotopic (exact) mass is 265 g/mol. The van der Waals surface area contributed by atoms with Crippen LogP contribution in [0, 0.1) is 0 Å². The van der Waals surface area contributed by atoms with Crippen molar-refractivity contribution in [3.63, 3.8) is 0 Å². The maximum absolute atomic E-state index is 5.87. The Morgan fingerprint density at radius 2 is 1.75 bits per heavy atom. The van der Waals surface area contributed by atoms with Crippen LogP contribution in [0.15, 0.2) is 59.3 Å². The van der Waals surface area contributed by atoms with Crippen LogP contribution in [0.2, 0.25) is 0 Å². The molecule has 0 radical (unpaired) electrons. The second-order valence-electron chi connectivity index (χ2n) is 4.57. The molecule has 20 heavy (non-hydrogen) atoms. The molecule has 4 heteroatoms. The maximum atomic E-state index is 5.87. The van der Waals surface area contributed by atoms with Gasteiger partial charge >= 0.3 is 0 Å². The second-order valence-corrected chi connectivity index (χ2v) is 4.57. The van der Waals surface area contributed by atoms with Gasteiger partial charge in [0, 0.05) is 6.20 Å². The highest BCUT2D eigenvalue weighted by Gasteiger charge is 2.16. The quantitative estimate of drug-likeness (QED) is 0.787. The molecule has 0 aliphatic rings. The number of aromatic nitrogens is 2. The molecule has 0 unspecified atom stereocenters. The summed E-state index contributed by atoms with van der Waals surface area (Å²) in [5.41, 5.74) is 9.60. The molecule has 0 bridgehead atoms. The van der Waals surface area contributed by atoms with Gasteiger partial charge < -0.3 is 10.3 Å². The Balaban J connectivity index is 1.85. The van der Waals surface area contributed by atoms with E-state index in [0.29, 0.717) is 5.88 Å². The molecule has 2 heterocycles. The third-order valence-corrected chi connectivity index (χ3v) is 3.20. The number of rotatable bonds is 4. The van der Waals surface area contributed by atoms with E-state index in [9.17, 15) is 0 Å². The van der Waals surface area contributed by atoms with E-state index in [1.54, 1.807) is 6.20 Å². The first kappa shape index (κ1) is 12.4. The van der Waals surface area contributed by atoms with E-state index < -0.39 is 0 Å². The van der Waals surface area contributed by atoms with Crippen molar-refractivity contribution in [1.82, 2.24) is 10.1 Å². The SMILES string of the molecule is Nc1onc(CCc2ccccc2)c1-c1ccccn1. The van der Waals surface area contributed by atoms with Crippen LogP contribution in [0.3, 0.4) is 0 Å². The lowest BCUT2D eigenvalue weighted by molar-refractivity contribution is 0.427. The summed E-state index contributed by atoms with van der Waals surface area (Å²) in [5.74, 6) is 0.326. The molecule has 0 saturated carbocycles. The molecule has 3 aromatic rings. The van der Waals surface area contributed by atoms with E-state index >= 15 is 0 Å². The molecular formula is C16H15N3O. The minimum absolute atomic E-state index is 0.326. The topological polar surface area (TPSA) is 64.9 Å². The van der Waals surface area contributed by atoms with Gasteiger partial charge in [-0.25, -0.2) is 0 Å². The molecule has 0 aliphatic carbocycles. The van der Waals surface area contributed by atoms with Gasteiger partial charge in [-0.05, 0) is 30.5 Å². The zero-order valence-electron chi connectivity index (χ0n) is 11.0. The smallest absolute Gasteiger partial charge is 0.231 e. The first-order valence-corrected chi connectivity index (χ1v) is 6.54. The van der Waals surface area contributed by atoms with E-state index in [-0.39, 0.29) is 0 Å². The fourth-order valence-electron chi connectivity index (χ4n) is 2.20. The minimum atomic E-state index is 0.326. The molecule has 100 valence electrons. The molecule has 0 spiro atoms. The molecule has 3 rings (SSSR count). The Labute approximate surface area is 117 Å². The van der Waals surface area contributed by atoms with Gasteiger partial charge in [-0.15, -0.1) is 0 Å². The van der Waals surface area contributed by atoms with Gasteiger partial charge in [0.05, 0.1) is 17.0 Å². The van der Waals surface area contributed by atoms with Crippen LogP contribution < -0.4 is 5.73 Å². The van der Waals surface area contributed by atoms with Gasteiger partial charge in [0.15, 0.2) is 0 Å². The Morgan fingerprint density at radius 3 is 2.50 bits per heavy atom. The zero-order valence-corrected chi connectivity index (χ0v) is 11.0. The number of aryl methyl sites for hydroxylation is 2. The largest absolute Gasteiger partial charge is 0.367 e. The van der Waals surface area contributed by atoms with E-state index in [1.807, 2.05) is 36.4 Å². The molecule has 4 nitrogen and oxygen atoms in total. The van der Waals surface area contributed by atoms with Gasteiger partial charge in [-0.1, -0.05) is 41.6 Å². The van der Waals surface area contributed by atoms with Crippen LogP contribution in [0.4, 0.5) is 5.88 Å². The van der Waals surface area contributed by atoms with Crippen molar-refractivity contribution in [2.45, 2.75) is 12.8 Å². The first-order valence-electron chi connectivity index (χ1n) is 6.54. The average molecular weight is 265 g/mol. The van der Waals surface area contributed by atoms with Gasteiger partial charge in [0.2, 0.25) is 5.88 Å². The number of hydrogen-bond acceptors (Lipinski definition) is 4. The average Bonchev–Trinajstić information content (AvgIpc) is 2.88. The van der Waals surface area contributed by atoms with E-state index in [0.717, 1.165) is 29.8 Å². The highest BCUT2D eigenvalue weighted by atomic mass is 16.5.